The maximum absolute atomic E-state index is 10.3. The second kappa shape index (κ2) is 5.13. The van der Waals surface area contributed by atoms with E-state index in [0.29, 0.717) is 0 Å². The number of hydrogen-bond acceptors (Lipinski definition) is 5. The van der Waals surface area contributed by atoms with Crippen LogP contribution in [0.5, 0.6) is 0 Å². The zero-order valence-corrected chi connectivity index (χ0v) is 13.7. The lowest BCUT2D eigenvalue weighted by Gasteiger charge is -2.31. The van der Waals surface area contributed by atoms with Crippen LogP contribution in [-0.4, -0.2) is 17.1 Å². The van der Waals surface area contributed by atoms with Crippen molar-refractivity contribution in [1.29, 1.82) is 0 Å². The Morgan fingerprint density at radius 3 is 3.00 bits per heavy atom. The van der Waals surface area contributed by atoms with Gasteiger partial charge in [-0.15, -0.1) is 0 Å². The molecule has 0 bridgehead atoms. The van der Waals surface area contributed by atoms with Crippen LogP contribution in [0.2, 0.25) is 0 Å². The Bertz CT molecular complexity index is 589. The van der Waals surface area contributed by atoms with E-state index in [4.69, 9.17) is 4.98 Å². The largest absolute Gasteiger partial charge is 0.387 e. The van der Waals surface area contributed by atoms with E-state index >= 15 is 0 Å². The summed E-state index contributed by atoms with van der Waals surface area (Å²) >= 11 is 3.36. The lowest BCUT2D eigenvalue weighted by Crippen LogP contribution is -2.24. The number of aromatic nitrogens is 1. The molecule has 2 heterocycles. The SMILES string of the molecule is CN(Cc1ccsc1)c1nc2c(s1)C(O)CC(C)(C)C2. The molecule has 0 radical (unpaired) electrons. The van der Waals surface area contributed by atoms with Crippen molar-refractivity contribution < 1.29 is 5.11 Å². The highest BCUT2D eigenvalue weighted by atomic mass is 32.1. The first-order valence-corrected chi connectivity index (χ1v) is 8.60. The fourth-order valence-corrected chi connectivity index (χ4v) is 4.45. The maximum Gasteiger partial charge on any atom is 0.185 e. The van der Waals surface area contributed by atoms with Gasteiger partial charge in [-0.2, -0.15) is 11.3 Å². The zero-order chi connectivity index (χ0) is 14.3. The van der Waals surface area contributed by atoms with E-state index in [1.54, 1.807) is 22.7 Å². The highest BCUT2D eigenvalue weighted by Crippen LogP contribution is 2.44. The van der Waals surface area contributed by atoms with Gasteiger partial charge in [0.2, 0.25) is 0 Å². The van der Waals surface area contributed by atoms with E-state index in [9.17, 15) is 5.11 Å². The highest BCUT2D eigenvalue weighted by molar-refractivity contribution is 7.15. The Kier molecular flexibility index (Phi) is 3.60. The Labute approximate surface area is 127 Å². The summed E-state index contributed by atoms with van der Waals surface area (Å²) in [5, 5.41) is 15.6. The number of thiophene rings is 1. The molecule has 1 unspecified atom stereocenters. The zero-order valence-electron chi connectivity index (χ0n) is 12.1. The second-order valence-corrected chi connectivity index (χ2v) is 8.15. The third kappa shape index (κ3) is 2.75. The van der Waals surface area contributed by atoms with Crippen molar-refractivity contribution in [2.45, 2.75) is 39.3 Å². The van der Waals surface area contributed by atoms with Crippen molar-refractivity contribution in [2.24, 2.45) is 5.41 Å². The van der Waals surface area contributed by atoms with Gasteiger partial charge >= 0.3 is 0 Å². The molecule has 108 valence electrons. The van der Waals surface area contributed by atoms with Gasteiger partial charge in [-0.05, 0) is 40.6 Å². The van der Waals surface area contributed by atoms with E-state index in [2.05, 4.69) is 42.6 Å². The minimum Gasteiger partial charge on any atom is -0.387 e. The molecule has 3 rings (SSSR count). The van der Waals surface area contributed by atoms with Gasteiger partial charge < -0.3 is 10.0 Å². The normalized spacial score (nSPS) is 20.7. The fraction of sp³-hybridized carbons (Fsp3) is 0.533. The average Bonchev–Trinajstić information content (AvgIpc) is 2.96. The second-order valence-electron chi connectivity index (χ2n) is 6.36. The molecule has 5 heteroatoms. The van der Waals surface area contributed by atoms with Gasteiger partial charge in [0.05, 0.1) is 16.7 Å². The summed E-state index contributed by atoms with van der Waals surface area (Å²) in [5.41, 5.74) is 2.54. The van der Waals surface area contributed by atoms with Gasteiger partial charge in [0.25, 0.3) is 0 Å². The maximum atomic E-state index is 10.3. The van der Waals surface area contributed by atoms with Crippen molar-refractivity contribution >= 4 is 27.8 Å². The number of hydrogen-bond donors (Lipinski definition) is 1. The van der Waals surface area contributed by atoms with Crippen LogP contribution in [0.25, 0.3) is 0 Å². The molecule has 3 nitrogen and oxygen atoms in total. The van der Waals surface area contributed by atoms with Gasteiger partial charge in [-0.3, -0.25) is 0 Å². The number of nitrogens with zero attached hydrogens (tertiary/aromatic N) is 2. The Morgan fingerprint density at radius 2 is 2.30 bits per heavy atom. The Hall–Kier alpha value is -0.910. The third-order valence-electron chi connectivity index (χ3n) is 3.74. The van der Waals surface area contributed by atoms with Crippen LogP contribution >= 0.6 is 22.7 Å². The molecular weight excluding hydrogens is 288 g/mol. The molecule has 20 heavy (non-hydrogen) atoms. The summed E-state index contributed by atoms with van der Waals surface area (Å²) < 4.78 is 0. The van der Waals surface area contributed by atoms with Gasteiger partial charge in [0.1, 0.15) is 0 Å². The number of fused-ring (bicyclic) bond motifs is 1. The third-order valence-corrected chi connectivity index (χ3v) is 5.78. The quantitative estimate of drug-likeness (QED) is 0.935. The van der Waals surface area contributed by atoms with Crippen LogP contribution in [0.1, 0.15) is 42.5 Å². The molecule has 0 saturated heterocycles. The van der Waals surface area contributed by atoms with Crippen molar-refractivity contribution in [2.75, 3.05) is 11.9 Å². The van der Waals surface area contributed by atoms with Crippen LogP contribution in [0.3, 0.4) is 0 Å². The van der Waals surface area contributed by atoms with Crippen molar-refractivity contribution in [3.8, 4) is 0 Å². The Balaban J connectivity index is 1.82. The summed E-state index contributed by atoms with van der Waals surface area (Å²) in [6, 6.07) is 2.15. The van der Waals surface area contributed by atoms with Crippen molar-refractivity contribution in [3.05, 3.63) is 33.0 Å². The first kappa shape index (κ1) is 14.0. The predicted molar refractivity (Wildman–Crippen MR) is 85.6 cm³/mol. The number of thiazole rings is 1. The van der Waals surface area contributed by atoms with Gasteiger partial charge in [0, 0.05) is 13.6 Å². The van der Waals surface area contributed by atoms with Crippen LogP contribution in [0.4, 0.5) is 5.13 Å². The van der Waals surface area contributed by atoms with Gasteiger partial charge in [0.15, 0.2) is 5.13 Å². The molecule has 0 aromatic carbocycles. The van der Waals surface area contributed by atoms with E-state index in [1.807, 2.05) is 0 Å². The van der Waals surface area contributed by atoms with Crippen LogP contribution in [-0.2, 0) is 13.0 Å². The Morgan fingerprint density at radius 1 is 1.50 bits per heavy atom. The summed E-state index contributed by atoms with van der Waals surface area (Å²) in [6.45, 7) is 5.27. The first-order chi connectivity index (χ1) is 9.44. The smallest absolute Gasteiger partial charge is 0.185 e. The molecule has 1 atom stereocenters. The summed E-state index contributed by atoms with van der Waals surface area (Å²) in [5.74, 6) is 0. The van der Waals surface area contributed by atoms with Crippen LogP contribution in [0, 0.1) is 5.41 Å². The first-order valence-electron chi connectivity index (χ1n) is 6.84. The molecule has 1 aliphatic carbocycles. The minimum absolute atomic E-state index is 0.143. The topological polar surface area (TPSA) is 36.4 Å². The average molecular weight is 308 g/mol. The number of anilines is 1. The number of rotatable bonds is 3. The van der Waals surface area contributed by atoms with Gasteiger partial charge in [-0.25, -0.2) is 4.98 Å². The van der Waals surface area contributed by atoms with Crippen LogP contribution < -0.4 is 4.90 Å². The lowest BCUT2D eigenvalue weighted by molar-refractivity contribution is 0.102. The molecule has 0 aliphatic heterocycles. The van der Waals surface area contributed by atoms with Crippen molar-refractivity contribution in [3.63, 3.8) is 0 Å². The van der Waals surface area contributed by atoms with E-state index in [-0.39, 0.29) is 11.5 Å². The molecule has 1 aliphatic rings. The van der Waals surface area contributed by atoms with Crippen molar-refractivity contribution in [1.82, 2.24) is 4.98 Å². The lowest BCUT2D eigenvalue weighted by atomic mass is 9.77. The minimum atomic E-state index is -0.352. The molecule has 2 aromatic heterocycles. The molecule has 0 amide bonds. The molecule has 1 N–H and O–H groups in total. The molecule has 0 fully saturated rings. The van der Waals surface area contributed by atoms with E-state index in [0.717, 1.165) is 35.1 Å². The predicted octanol–water partition coefficient (Wildman–Crippen LogP) is 3.85. The number of aliphatic hydroxyl groups is 1. The summed E-state index contributed by atoms with van der Waals surface area (Å²) in [4.78, 5) is 8.00. The number of aliphatic hydroxyl groups excluding tert-OH is 1. The van der Waals surface area contributed by atoms with Gasteiger partial charge in [-0.1, -0.05) is 25.2 Å². The fourth-order valence-electron chi connectivity index (χ4n) is 2.77. The molecule has 0 spiro atoms. The molecule has 2 aromatic rings. The summed E-state index contributed by atoms with van der Waals surface area (Å²) in [6.07, 6.45) is 1.44. The standard InChI is InChI=1S/C15H20N2OS2/c1-15(2)6-11-13(12(18)7-15)20-14(16-11)17(3)8-10-4-5-19-9-10/h4-5,9,12,18H,6-8H2,1-3H3. The summed E-state index contributed by atoms with van der Waals surface area (Å²) in [7, 11) is 2.07. The van der Waals surface area contributed by atoms with Crippen LogP contribution in [0.15, 0.2) is 16.8 Å². The monoisotopic (exact) mass is 308 g/mol. The van der Waals surface area contributed by atoms with E-state index in [1.165, 1.54) is 5.56 Å². The highest BCUT2D eigenvalue weighted by Gasteiger charge is 2.34. The van der Waals surface area contributed by atoms with E-state index < -0.39 is 0 Å². The molecular formula is C15H20N2OS2. The molecule has 0 saturated carbocycles.